The minimum atomic E-state index is -0.465. The molecule has 0 saturated heterocycles. The van der Waals surface area contributed by atoms with Crippen molar-refractivity contribution in [1.82, 2.24) is 9.97 Å². The fourth-order valence-electron chi connectivity index (χ4n) is 4.09. The monoisotopic (exact) mass is 398 g/mol. The number of aryl methyl sites for hydroxylation is 1. The van der Waals surface area contributed by atoms with E-state index in [1.807, 2.05) is 12.1 Å². The summed E-state index contributed by atoms with van der Waals surface area (Å²) in [5, 5.41) is 14.7. The maximum Gasteiger partial charge on any atom is 0.332 e. The average Bonchev–Trinajstić information content (AvgIpc) is 2.69. The Balaban J connectivity index is 1.70. The highest BCUT2D eigenvalue weighted by Gasteiger charge is 2.27. The van der Waals surface area contributed by atoms with Gasteiger partial charge in [0.25, 0.3) is 0 Å². The lowest BCUT2D eigenvalue weighted by Gasteiger charge is -2.27. The molecule has 29 heavy (non-hydrogen) atoms. The van der Waals surface area contributed by atoms with Gasteiger partial charge in [-0.3, -0.25) is 10.1 Å². The van der Waals surface area contributed by atoms with Crippen LogP contribution in [0, 0.1) is 28.9 Å². The van der Waals surface area contributed by atoms with Crippen LogP contribution in [0.25, 0.3) is 0 Å². The van der Waals surface area contributed by atoms with Crippen LogP contribution in [-0.2, 0) is 12.8 Å². The quantitative estimate of drug-likeness (QED) is 0.459. The zero-order valence-corrected chi connectivity index (χ0v) is 16.9. The molecule has 8 nitrogen and oxygen atoms in total. The van der Waals surface area contributed by atoms with Crippen LogP contribution in [0.5, 0.6) is 0 Å². The number of nitrogens with zero attached hydrogens (tertiary/aromatic N) is 3. The van der Waals surface area contributed by atoms with E-state index in [1.54, 1.807) is 0 Å². The molecule has 1 heterocycles. The lowest BCUT2D eigenvalue weighted by Crippen LogP contribution is -2.23. The first-order valence-electron chi connectivity index (χ1n) is 10.3. The summed E-state index contributed by atoms with van der Waals surface area (Å²) in [4.78, 5) is 19.7. The number of benzene rings is 1. The predicted molar refractivity (Wildman–Crippen MR) is 115 cm³/mol. The largest absolute Gasteiger partial charge is 0.378 e. The van der Waals surface area contributed by atoms with Gasteiger partial charge in [0.15, 0.2) is 0 Å². The standard InChI is InChI=1S/C21H30N6O2/c1-14-4-2-3-5-17(14)10-11-24-21-25-18(19(27(28)29)20(23)26-21)12-15-6-8-16(13-22)9-7-15/h2-5,15-16H,6-13,22H2,1H3,(H3,23,24,25,26). The molecule has 0 bridgehead atoms. The summed E-state index contributed by atoms with van der Waals surface area (Å²) in [6.07, 6.45) is 5.52. The van der Waals surface area contributed by atoms with Crippen LogP contribution in [0.3, 0.4) is 0 Å². The zero-order chi connectivity index (χ0) is 20.8. The molecule has 0 radical (unpaired) electrons. The van der Waals surface area contributed by atoms with Crippen molar-refractivity contribution in [2.45, 2.75) is 45.4 Å². The first-order chi connectivity index (χ1) is 14.0. The SMILES string of the molecule is Cc1ccccc1CCNc1nc(N)c([N+](=O)[O-])c(CC2CCC(CN)CC2)n1. The number of hydrogen-bond donors (Lipinski definition) is 3. The lowest BCUT2D eigenvalue weighted by atomic mass is 9.80. The molecule has 0 amide bonds. The number of nitrogen functional groups attached to an aromatic ring is 1. The Hall–Kier alpha value is -2.74. The summed E-state index contributed by atoms with van der Waals surface area (Å²) in [6.45, 7) is 3.42. The maximum absolute atomic E-state index is 11.5. The minimum absolute atomic E-state index is 0.0750. The van der Waals surface area contributed by atoms with E-state index in [-0.39, 0.29) is 11.5 Å². The number of nitro groups is 1. The average molecular weight is 399 g/mol. The first-order valence-corrected chi connectivity index (χ1v) is 10.3. The molecular weight excluding hydrogens is 368 g/mol. The summed E-state index contributed by atoms with van der Waals surface area (Å²) in [6, 6.07) is 8.19. The second-order valence-electron chi connectivity index (χ2n) is 7.91. The molecule has 0 aliphatic heterocycles. The Morgan fingerprint density at radius 3 is 2.52 bits per heavy atom. The molecule has 3 rings (SSSR count). The molecule has 1 saturated carbocycles. The van der Waals surface area contributed by atoms with Crippen molar-refractivity contribution in [3.63, 3.8) is 0 Å². The summed E-state index contributed by atoms with van der Waals surface area (Å²) >= 11 is 0. The van der Waals surface area contributed by atoms with E-state index in [2.05, 4.69) is 34.3 Å². The Labute approximate surface area is 171 Å². The highest BCUT2D eigenvalue weighted by atomic mass is 16.6. The predicted octanol–water partition coefficient (Wildman–Crippen LogP) is 3.24. The van der Waals surface area contributed by atoms with Crippen molar-refractivity contribution in [1.29, 1.82) is 0 Å². The highest BCUT2D eigenvalue weighted by molar-refractivity contribution is 5.58. The smallest absolute Gasteiger partial charge is 0.332 e. The van der Waals surface area contributed by atoms with Crippen molar-refractivity contribution >= 4 is 17.5 Å². The van der Waals surface area contributed by atoms with Crippen LogP contribution < -0.4 is 16.8 Å². The van der Waals surface area contributed by atoms with Gasteiger partial charge in [0, 0.05) is 6.54 Å². The van der Waals surface area contributed by atoms with Gasteiger partial charge in [-0.1, -0.05) is 24.3 Å². The number of anilines is 2. The van der Waals surface area contributed by atoms with E-state index in [0.717, 1.165) is 32.1 Å². The fourth-order valence-corrected chi connectivity index (χ4v) is 4.09. The van der Waals surface area contributed by atoms with Crippen LogP contribution in [0.1, 0.15) is 42.5 Å². The van der Waals surface area contributed by atoms with Gasteiger partial charge >= 0.3 is 5.69 Å². The van der Waals surface area contributed by atoms with Gasteiger partial charge in [-0.2, -0.15) is 4.98 Å². The molecule has 1 fully saturated rings. The molecule has 156 valence electrons. The van der Waals surface area contributed by atoms with E-state index >= 15 is 0 Å². The van der Waals surface area contributed by atoms with Crippen LogP contribution in [0.2, 0.25) is 0 Å². The third-order valence-corrected chi connectivity index (χ3v) is 5.89. The topological polar surface area (TPSA) is 133 Å². The normalized spacial score (nSPS) is 19.1. The van der Waals surface area contributed by atoms with E-state index in [1.165, 1.54) is 11.1 Å². The number of rotatable bonds is 8. The van der Waals surface area contributed by atoms with Gasteiger partial charge in [0.1, 0.15) is 5.69 Å². The summed E-state index contributed by atoms with van der Waals surface area (Å²) in [5.41, 5.74) is 14.4. The van der Waals surface area contributed by atoms with E-state index in [9.17, 15) is 10.1 Å². The van der Waals surface area contributed by atoms with Crippen molar-refractivity contribution in [3.8, 4) is 0 Å². The molecule has 1 aromatic carbocycles. The Bertz CT molecular complexity index is 849. The molecule has 1 aliphatic carbocycles. The second kappa shape index (κ2) is 9.65. The van der Waals surface area contributed by atoms with E-state index < -0.39 is 4.92 Å². The Morgan fingerprint density at radius 1 is 1.17 bits per heavy atom. The van der Waals surface area contributed by atoms with Gasteiger partial charge in [0.2, 0.25) is 11.8 Å². The van der Waals surface area contributed by atoms with Gasteiger partial charge < -0.3 is 16.8 Å². The molecule has 1 aliphatic rings. The van der Waals surface area contributed by atoms with Crippen molar-refractivity contribution in [3.05, 3.63) is 51.2 Å². The number of nitrogens with one attached hydrogen (secondary N) is 1. The Kier molecular flexibility index (Phi) is 6.98. The van der Waals surface area contributed by atoms with Gasteiger partial charge in [-0.15, -0.1) is 0 Å². The molecule has 1 aromatic heterocycles. The maximum atomic E-state index is 11.5. The fraction of sp³-hybridized carbons (Fsp3) is 0.524. The zero-order valence-electron chi connectivity index (χ0n) is 16.9. The van der Waals surface area contributed by atoms with Crippen molar-refractivity contribution in [2.75, 3.05) is 24.1 Å². The molecular formula is C21H30N6O2. The third-order valence-electron chi connectivity index (χ3n) is 5.89. The number of nitrogens with two attached hydrogens (primary N) is 2. The van der Waals surface area contributed by atoms with Crippen molar-refractivity contribution < 1.29 is 4.92 Å². The van der Waals surface area contributed by atoms with Gasteiger partial charge in [-0.05, 0) is 75.0 Å². The third kappa shape index (κ3) is 5.41. The van der Waals surface area contributed by atoms with Crippen LogP contribution >= 0.6 is 0 Å². The van der Waals surface area contributed by atoms with E-state index in [0.29, 0.717) is 43.0 Å². The summed E-state index contributed by atoms with van der Waals surface area (Å²) in [5.74, 6) is 1.21. The summed E-state index contributed by atoms with van der Waals surface area (Å²) in [7, 11) is 0. The first kappa shape index (κ1) is 21.0. The van der Waals surface area contributed by atoms with Crippen LogP contribution in [0.15, 0.2) is 24.3 Å². The molecule has 0 unspecified atom stereocenters. The second-order valence-corrected chi connectivity index (χ2v) is 7.91. The molecule has 5 N–H and O–H groups in total. The highest BCUT2D eigenvalue weighted by Crippen LogP contribution is 2.33. The molecule has 0 spiro atoms. The van der Waals surface area contributed by atoms with Crippen LogP contribution in [-0.4, -0.2) is 28.0 Å². The van der Waals surface area contributed by atoms with Gasteiger partial charge in [0.05, 0.1) is 4.92 Å². The summed E-state index contributed by atoms with van der Waals surface area (Å²) < 4.78 is 0. The number of aromatic nitrogens is 2. The van der Waals surface area contributed by atoms with Gasteiger partial charge in [-0.25, -0.2) is 4.98 Å². The molecule has 2 aromatic rings. The Morgan fingerprint density at radius 2 is 1.86 bits per heavy atom. The van der Waals surface area contributed by atoms with Crippen molar-refractivity contribution in [2.24, 2.45) is 17.6 Å². The molecule has 8 heteroatoms. The number of hydrogen-bond acceptors (Lipinski definition) is 7. The van der Waals surface area contributed by atoms with Crippen LogP contribution in [0.4, 0.5) is 17.5 Å². The minimum Gasteiger partial charge on any atom is -0.378 e. The molecule has 0 atom stereocenters. The lowest BCUT2D eigenvalue weighted by molar-refractivity contribution is -0.385. The van der Waals surface area contributed by atoms with E-state index in [4.69, 9.17) is 11.5 Å².